The lowest BCUT2D eigenvalue weighted by atomic mass is 10.1. The van der Waals surface area contributed by atoms with Crippen LogP contribution in [0.1, 0.15) is 11.1 Å². The standard InChI is InChI=1S/C18H18N2O3S/c1-11-7-8-12(2)17-16(11)20-18(24-17)19-15(21)10-23-14-6-4-5-13(9-14)22-3/h4-9H,10H2,1-3H3,(H,19,20,21). The third-order valence-electron chi connectivity index (χ3n) is 3.60. The molecule has 0 aliphatic carbocycles. The molecule has 1 amide bonds. The van der Waals surface area contributed by atoms with Gasteiger partial charge in [0.1, 0.15) is 11.5 Å². The maximum absolute atomic E-state index is 12.1. The van der Waals surface area contributed by atoms with Crippen LogP contribution in [0.4, 0.5) is 5.13 Å². The number of fused-ring (bicyclic) bond motifs is 1. The molecule has 0 aliphatic rings. The molecule has 0 saturated heterocycles. The topological polar surface area (TPSA) is 60.5 Å². The Hall–Kier alpha value is -2.60. The molecule has 24 heavy (non-hydrogen) atoms. The van der Waals surface area contributed by atoms with E-state index in [1.165, 1.54) is 11.3 Å². The van der Waals surface area contributed by atoms with Crippen LogP contribution in [0.2, 0.25) is 0 Å². The number of aromatic nitrogens is 1. The van der Waals surface area contributed by atoms with Gasteiger partial charge in [0.2, 0.25) is 0 Å². The summed E-state index contributed by atoms with van der Waals surface area (Å²) in [5, 5.41) is 3.38. The molecular weight excluding hydrogens is 324 g/mol. The second-order valence-electron chi connectivity index (χ2n) is 5.41. The highest BCUT2D eigenvalue weighted by Gasteiger charge is 2.11. The molecule has 0 saturated carbocycles. The van der Waals surface area contributed by atoms with Gasteiger partial charge in [-0.05, 0) is 37.1 Å². The maximum Gasteiger partial charge on any atom is 0.264 e. The van der Waals surface area contributed by atoms with Crippen molar-refractivity contribution in [2.24, 2.45) is 0 Å². The largest absolute Gasteiger partial charge is 0.497 e. The van der Waals surface area contributed by atoms with Crippen molar-refractivity contribution in [2.75, 3.05) is 19.0 Å². The molecule has 0 aliphatic heterocycles. The van der Waals surface area contributed by atoms with Crippen LogP contribution in [0, 0.1) is 13.8 Å². The molecule has 0 spiro atoms. The van der Waals surface area contributed by atoms with E-state index in [2.05, 4.69) is 16.4 Å². The molecule has 0 radical (unpaired) electrons. The van der Waals surface area contributed by atoms with Crippen LogP contribution in [0.5, 0.6) is 11.5 Å². The molecule has 6 heteroatoms. The highest BCUT2D eigenvalue weighted by Crippen LogP contribution is 2.30. The molecule has 0 bridgehead atoms. The summed E-state index contributed by atoms with van der Waals surface area (Å²) in [4.78, 5) is 16.6. The van der Waals surface area contributed by atoms with Gasteiger partial charge in [-0.1, -0.05) is 29.5 Å². The van der Waals surface area contributed by atoms with Gasteiger partial charge < -0.3 is 9.47 Å². The molecule has 0 atom stereocenters. The monoisotopic (exact) mass is 342 g/mol. The number of nitrogens with one attached hydrogen (secondary N) is 1. The number of carbonyl (C=O) groups excluding carboxylic acids is 1. The smallest absolute Gasteiger partial charge is 0.264 e. The Labute approximate surface area is 144 Å². The summed E-state index contributed by atoms with van der Waals surface area (Å²) in [5.74, 6) is 1.03. The second-order valence-corrected chi connectivity index (χ2v) is 6.41. The second kappa shape index (κ2) is 6.88. The van der Waals surface area contributed by atoms with E-state index in [4.69, 9.17) is 9.47 Å². The fourth-order valence-corrected chi connectivity index (χ4v) is 3.34. The van der Waals surface area contributed by atoms with E-state index in [0.717, 1.165) is 21.3 Å². The lowest BCUT2D eigenvalue weighted by molar-refractivity contribution is -0.118. The van der Waals surface area contributed by atoms with Gasteiger partial charge in [0.15, 0.2) is 11.7 Å². The van der Waals surface area contributed by atoms with Crippen LogP contribution in [-0.2, 0) is 4.79 Å². The zero-order chi connectivity index (χ0) is 17.1. The van der Waals surface area contributed by atoms with Crippen LogP contribution in [0.3, 0.4) is 0 Å². The highest BCUT2D eigenvalue weighted by atomic mass is 32.1. The number of carbonyl (C=O) groups is 1. The van der Waals surface area contributed by atoms with Gasteiger partial charge in [-0.25, -0.2) is 4.98 Å². The molecule has 5 nitrogen and oxygen atoms in total. The quantitative estimate of drug-likeness (QED) is 0.763. The normalized spacial score (nSPS) is 10.6. The molecule has 1 N–H and O–H groups in total. The Bertz CT molecular complexity index is 850. The predicted octanol–water partition coefficient (Wildman–Crippen LogP) is 3.94. The number of aryl methyl sites for hydroxylation is 2. The van der Waals surface area contributed by atoms with Crippen molar-refractivity contribution in [3.63, 3.8) is 0 Å². The number of ether oxygens (including phenoxy) is 2. The van der Waals surface area contributed by atoms with Crippen LogP contribution in [-0.4, -0.2) is 24.6 Å². The van der Waals surface area contributed by atoms with Crippen LogP contribution in [0.15, 0.2) is 36.4 Å². The van der Waals surface area contributed by atoms with Crippen molar-refractivity contribution in [1.82, 2.24) is 4.98 Å². The Morgan fingerprint density at radius 1 is 1.17 bits per heavy atom. The average Bonchev–Trinajstić information content (AvgIpc) is 3.01. The van der Waals surface area contributed by atoms with Gasteiger partial charge in [0.05, 0.1) is 17.3 Å². The van der Waals surface area contributed by atoms with Crippen molar-refractivity contribution in [1.29, 1.82) is 0 Å². The molecule has 0 fully saturated rings. The lowest BCUT2D eigenvalue weighted by Gasteiger charge is -2.07. The van der Waals surface area contributed by atoms with E-state index in [0.29, 0.717) is 16.6 Å². The fourth-order valence-electron chi connectivity index (χ4n) is 2.31. The summed E-state index contributed by atoms with van der Waals surface area (Å²) in [5.41, 5.74) is 3.19. The van der Waals surface area contributed by atoms with Crippen molar-refractivity contribution in [3.8, 4) is 11.5 Å². The average molecular weight is 342 g/mol. The third-order valence-corrected chi connectivity index (χ3v) is 4.71. The first-order valence-corrected chi connectivity index (χ1v) is 8.32. The first-order valence-electron chi connectivity index (χ1n) is 7.50. The number of nitrogens with zero attached hydrogens (tertiary/aromatic N) is 1. The molecule has 1 aromatic heterocycles. The first kappa shape index (κ1) is 16.3. The Kier molecular flexibility index (Phi) is 4.66. The third kappa shape index (κ3) is 3.49. The van der Waals surface area contributed by atoms with Crippen LogP contribution >= 0.6 is 11.3 Å². The van der Waals surface area contributed by atoms with Gasteiger partial charge in [-0.2, -0.15) is 0 Å². The summed E-state index contributed by atoms with van der Waals surface area (Å²) in [6.45, 7) is 3.97. The number of thiazole rings is 1. The highest BCUT2D eigenvalue weighted by molar-refractivity contribution is 7.22. The lowest BCUT2D eigenvalue weighted by Crippen LogP contribution is -2.20. The van der Waals surface area contributed by atoms with Crippen molar-refractivity contribution >= 4 is 32.6 Å². The van der Waals surface area contributed by atoms with E-state index in [1.54, 1.807) is 19.2 Å². The van der Waals surface area contributed by atoms with Gasteiger partial charge >= 0.3 is 0 Å². The van der Waals surface area contributed by atoms with Gasteiger partial charge in [0, 0.05) is 6.07 Å². The Morgan fingerprint density at radius 2 is 1.92 bits per heavy atom. The molecule has 0 unspecified atom stereocenters. The van der Waals surface area contributed by atoms with E-state index >= 15 is 0 Å². The summed E-state index contributed by atoms with van der Waals surface area (Å²) in [7, 11) is 1.59. The summed E-state index contributed by atoms with van der Waals surface area (Å²) < 4.78 is 11.7. The van der Waals surface area contributed by atoms with Crippen molar-refractivity contribution in [3.05, 3.63) is 47.5 Å². The van der Waals surface area contributed by atoms with Gasteiger partial charge in [0.25, 0.3) is 5.91 Å². The number of hydrogen-bond acceptors (Lipinski definition) is 5. The maximum atomic E-state index is 12.1. The SMILES string of the molecule is COc1cccc(OCC(=O)Nc2nc3c(C)ccc(C)c3s2)c1. The van der Waals surface area contributed by atoms with E-state index in [1.807, 2.05) is 32.0 Å². The molecule has 2 aromatic carbocycles. The minimum atomic E-state index is -0.243. The Balaban J connectivity index is 1.66. The predicted molar refractivity (Wildman–Crippen MR) is 96.2 cm³/mol. The van der Waals surface area contributed by atoms with Crippen LogP contribution in [0.25, 0.3) is 10.2 Å². The molecule has 3 rings (SSSR count). The molecule has 1 heterocycles. The number of hydrogen-bond donors (Lipinski definition) is 1. The molecule has 124 valence electrons. The van der Waals surface area contributed by atoms with Gasteiger partial charge in [-0.15, -0.1) is 0 Å². The summed E-state index contributed by atoms with van der Waals surface area (Å²) in [6, 6.07) is 11.2. The first-order chi connectivity index (χ1) is 11.6. The molecule has 3 aromatic rings. The minimum Gasteiger partial charge on any atom is -0.497 e. The fraction of sp³-hybridized carbons (Fsp3) is 0.222. The van der Waals surface area contributed by atoms with E-state index in [9.17, 15) is 4.79 Å². The van der Waals surface area contributed by atoms with E-state index < -0.39 is 0 Å². The van der Waals surface area contributed by atoms with Crippen LogP contribution < -0.4 is 14.8 Å². The molecular formula is C18H18N2O3S. The summed E-state index contributed by atoms with van der Waals surface area (Å²) >= 11 is 1.48. The van der Waals surface area contributed by atoms with Crippen molar-refractivity contribution in [2.45, 2.75) is 13.8 Å². The van der Waals surface area contributed by atoms with Gasteiger partial charge in [-0.3, -0.25) is 10.1 Å². The Morgan fingerprint density at radius 3 is 2.67 bits per heavy atom. The minimum absolute atomic E-state index is 0.0823. The number of anilines is 1. The number of methoxy groups -OCH3 is 1. The van der Waals surface area contributed by atoms with Crippen molar-refractivity contribution < 1.29 is 14.3 Å². The summed E-state index contributed by atoms with van der Waals surface area (Å²) in [6.07, 6.45) is 0. The zero-order valence-electron chi connectivity index (χ0n) is 13.8. The number of amides is 1. The van der Waals surface area contributed by atoms with E-state index in [-0.39, 0.29) is 12.5 Å². The number of benzene rings is 2. The zero-order valence-corrected chi connectivity index (χ0v) is 14.6. The number of rotatable bonds is 5.